The minimum Gasteiger partial charge on any atom is -0.508 e. The maximum atomic E-state index is 8.70. The van der Waals surface area contributed by atoms with Gasteiger partial charge in [0, 0.05) is 10.0 Å². The van der Waals surface area contributed by atoms with E-state index in [9.17, 15) is 0 Å². The maximum Gasteiger partial charge on any atom is 2.00 e. The minimum absolute atomic E-state index is 0. The molecular formula is C26H28Cl2O2Zr. The number of allylic oxidation sites excluding steroid dienone is 8. The van der Waals surface area contributed by atoms with Gasteiger partial charge in [-0.25, -0.2) is 23.3 Å². The summed E-state index contributed by atoms with van der Waals surface area (Å²) in [4.78, 5) is 0. The predicted molar refractivity (Wildman–Crippen MR) is 128 cm³/mol. The molecule has 4 rings (SSSR count). The SMILES string of the molecule is CC1=[C-]C(C)=CC1.CC1=[C-]C(C)=CC1.Oc1ccc(Cl)cc1.Oc1ccc(Cl)cc1.[Zr+2]. The quantitative estimate of drug-likeness (QED) is 0.334. The van der Waals surface area contributed by atoms with Gasteiger partial charge < -0.3 is 10.2 Å². The van der Waals surface area contributed by atoms with Crippen molar-refractivity contribution in [2.45, 2.75) is 40.5 Å². The van der Waals surface area contributed by atoms with Crippen molar-refractivity contribution in [3.8, 4) is 11.5 Å². The first-order valence-electron chi connectivity index (χ1n) is 9.57. The molecule has 2 aliphatic rings. The van der Waals surface area contributed by atoms with Gasteiger partial charge in [0.2, 0.25) is 0 Å². The van der Waals surface area contributed by atoms with Gasteiger partial charge in [0.25, 0.3) is 0 Å². The Labute approximate surface area is 215 Å². The molecule has 2 aromatic carbocycles. The van der Waals surface area contributed by atoms with E-state index in [0.717, 1.165) is 12.8 Å². The number of hydrogen-bond acceptors (Lipinski definition) is 2. The zero-order valence-corrected chi connectivity index (χ0v) is 22.3. The summed E-state index contributed by atoms with van der Waals surface area (Å²) >= 11 is 11.0. The van der Waals surface area contributed by atoms with E-state index in [4.69, 9.17) is 33.4 Å². The van der Waals surface area contributed by atoms with Crippen LogP contribution in [0.4, 0.5) is 0 Å². The minimum atomic E-state index is 0. The van der Waals surface area contributed by atoms with Gasteiger partial charge in [-0.1, -0.05) is 63.7 Å². The summed E-state index contributed by atoms with van der Waals surface area (Å²) in [6, 6.07) is 12.7. The zero-order chi connectivity index (χ0) is 22.5. The monoisotopic (exact) mass is 532 g/mol. The fourth-order valence-electron chi connectivity index (χ4n) is 2.37. The molecule has 0 amide bonds. The van der Waals surface area contributed by atoms with Gasteiger partial charge in [0.05, 0.1) is 0 Å². The van der Waals surface area contributed by atoms with Crippen molar-refractivity contribution in [1.29, 1.82) is 0 Å². The van der Waals surface area contributed by atoms with Gasteiger partial charge >= 0.3 is 26.2 Å². The molecule has 0 saturated carbocycles. The fourth-order valence-corrected chi connectivity index (χ4v) is 2.62. The zero-order valence-electron chi connectivity index (χ0n) is 18.3. The predicted octanol–water partition coefficient (Wildman–Crippen LogP) is 8.26. The molecule has 0 unspecified atom stereocenters. The van der Waals surface area contributed by atoms with Gasteiger partial charge in [0.15, 0.2) is 0 Å². The molecule has 2 aliphatic carbocycles. The van der Waals surface area contributed by atoms with E-state index >= 15 is 0 Å². The Morgan fingerprint density at radius 1 is 0.613 bits per heavy atom. The van der Waals surface area contributed by atoms with Crippen molar-refractivity contribution in [2.75, 3.05) is 0 Å². The Hall–Kier alpha value is -1.54. The Morgan fingerprint density at radius 2 is 0.903 bits per heavy atom. The van der Waals surface area contributed by atoms with Crippen LogP contribution in [-0.4, -0.2) is 10.2 Å². The van der Waals surface area contributed by atoms with E-state index in [2.05, 4.69) is 52.0 Å². The van der Waals surface area contributed by atoms with Crippen molar-refractivity contribution in [1.82, 2.24) is 0 Å². The number of rotatable bonds is 0. The van der Waals surface area contributed by atoms with Crippen molar-refractivity contribution in [3.63, 3.8) is 0 Å². The van der Waals surface area contributed by atoms with Crippen LogP contribution >= 0.6 is 23.2 Å². The standard InChI is InChI=1S/2C7H9.2C6H5ClO.Zr/c2*1-6-3-4-7(2)5-6;2*7-5-1-3-6(8)4-2-5;/h2*3H,4H2,1-2H3;2*1-4,8H;/q2*-1;;;+2. The third-order valence-electron chi connectivity index (χ3n) is 3.90. The summed E-state index contributed by atoms with van der Waals surface area (Å²) in [5, 5.41) is 18.7. The maximum absolute atomic E-state index is 8.70. The molecule has 0 aromatic heterocycles. The Bertz CT molecular complexity index is 790. The van der Waals surface area contributed by atoms with Crippen LogP contribution in [0.3, 0.4) is 0 Å². The third-order valence-corrected chi connectivity index (χ3v) is 4.41. The summed E-state index contributed by atoms with van der Waals surface area (Å²) < 4.78 is 0. The first-order chi connectivity index (χ1) is 14.2. The summed E-state index contributed by atoms with van der Waals surface area (Å²) in [5.41, 5.74) is 5.30. The van der Waals surface area contributed by atoms with E-state index in [1.165, 1.54) is 22.3 Å². The van der Waals surface area contributed by atoms with Crippen LogP contribution in [0.15, 0.2) is 83.0 Å². The average Bonchev–Trinajstić information content (AvgIpc) is 3.27. The van der Waals surface area contributed by atoms with E-state index in [1.807, 2.05) is 0 Å². The molecule has 2 N–H and O–H groups in total. The van der Waals surface area contributed by atoms with Crippen LogP contribution in [0.2, 0.25) is 10.0 Å². The fraction of sp³-hybridized carbons (Fsp3) is 0.231. The van der Waals surface area contributed by atoms with Gasteiger partial charge in [-0.15, -0.1) is 0 Å². The molecule has 162 valence electrons. The van der Waals surface area contributed by atoms with Crippen LogP contribution in [0.25, 0.3) is 0 Å². The first kappa shape index (κ1) is 29.5. The average molecular weight is 535 g/mol. The van der Waals surface area contributed by atoms with Crippen LogP contribution in [0.1, 0.15) is 40.5 Å². The van der Waals surface area contributed by atoms with Crippen molar-refractivity contribution >= 4 is 23.2 Å². The van der Waals surface area contributed by atoms with E-state index in [-0.39, 0.29) is 37.7 Å². The smallest absolute Gasteiger partial charge is 0.508 e. The molecule has 0 bridgehead atoms. The molecule has 5 heteroatoms. The van der Waals surface area contributed by atoms with E-state index in [0.29, 0.717) is 10.0 Å². The van der Waals surface area contributed by atoms with Crippen molar-refractivity contribution < 1.29 is 36.4 Å². The normalized spacial score (nSPS) is 13.4. The van der Waals surface area contributed by atoms with E-state index in [1.54, 1.807) is 48.5 Å². The molecule has 0 atom stereocenters. The van der Waals surface area contributed by atoms with Crippen LogP contribution < -0.4 is 0 Å². The summed E-state index contributed by atoms with van der Waals surface area (Å²) in [7, 11) is 0. The van der Waals surface area contributed by atoms with Gasteiger partial charge in [-0.3, -0.25) is 12.2 Å². The van der Waals surface area contributed by atoms with Crippen LogP contribution in [0.5, 0.6) is 11.5 Å². The summed E-state index contributed by atoms with van der Waals surface area (Å²) in [6.07, 6.45) is 13.0. The molecule has 0 saturated heterocycles. The molecule has 0 heterocycles. The van der Waals surface area contributed by atoms with Gasteiger partial charge in [0.1, 0.15) is 11.5 Å². The molecule has 2 nitrogen and oxygen atoms in total. The Balaban J connectivity index is 0.000000384. The molecular weight excluding hydrogens is 506 g/mol. The van der Waals surface area contributed by atoms with E-state index < -0.39 is 0 Å². The number of aromatic hydroxyl groups is 2. The second-order valence-electron chi connectivity index (χ2n) is 6.95. The largest absolute Gasteiger partial charge is 2.00 e. The third kappa shape index (κ3) is 15.0. The second kappa shape index (κ2) is 16.1. The number of phenolic OH excluding ortho intramolecular Hbond substituents is 2. The number of halogens is 2. The number of phenols is 2. The first-order valence-corrected chi connectivity index (χ1v) is 10.3. The molecule has 2 aromatic rings. The summed E-state index contributed by atoms with van der Waals surface area (Å²) in [6.45, 7) is 8.37. The van der Waals surface area contributed by atoms with Gasteiger partial charge in [-0.05, 0) is 48.5 Å². The van der Waals surface area contributed by atoms with Crippen molar-refractivity contribution in [3.05, 3.63) is 105 Å². The van der Waals surface area contributed by atoms with Crippen LogP contribution in [-0.2, 0) is 26.2 Å². The molecule has 0 fully saturated rings. The summed E-state index contributed by atoms with van der Waals surface area (Å²) in [5.74, 6) is 0.490. The molecule has 31 heavy (non-hydrogen) atoms. The van der Waals surface area contributed by atoms with Crippen molar-refractivity contribution in [2.24, 2.45) is 0 Å². The second-order valence-corrected chi connectivity index (χ2v) is 7.82. The Morgan fingerprint density at radius 3 is 1.03 bits per heavy atom. The van der Waals surface area contributed by atoms with Crippen LogP contribution in [0, 0.1) is 12.2 Å². The van der Waals surface area contributed by atoms with Gasteiger partial charge in [-0.2, -0.15) is 11.1 Å². The Kier molecular flexibility index (Phi) is 15.3. The molecule has 0 radical (unpaired) electrons. The number of hydrogen-bond donors (Lipinski definition) is 2. The molecule has 0 aliphatic heterocycles. The molecule has 0 spiro atoms. The topological polar surface area (TPSA) is 40.5 Å². The number of benzene rings is 2.